The maximum Gasteiger partial charge on any atom is 0.227 e. The third-order valence-electron chi connectivity index (χ3n) is 5.68. The van der Waals surface area contributed by atoms with Crippen LogP contribution in [0.1, 0.15) is 19.5 Å². The Morgan fingerprint density at radius 2 is 1.69 bits per heavy atom. The number of benzene rings is 1. The lowest BCUT2D eigenvalue weighted by molar-refractivity contribution is 0.233. The van der Waals surface area contributed by atoms with Gasteiger partial charge < -0.3 is 14.8 Å². The first-order valence-electron chi connectivity index (χ1n) is 10.7. The van der Waals surface area contributed by atoms with E-state index < -0.39 is 0 Å². The second kappa shape index (κ2) is 8.88. The van der Waals surface area contributed by atoms with Gasteiger partial charge in [0.2, 0.25) is 5.95 Å². The number of hydrogen-bond donors (Lipinski definition) is 1. The molecule has 0 spiro atoms. The molecule has 1 aliphatic heterocycles. The lowest BCUT2D eigenvalue weighted by Crippen LogP contribution is -2.44. The molecule has 1 saturated heterocycles. The van der Waals surface area contributed by atoms with Gasteiger partial charge in [-0.1, -0.05) is 30.3 Å². The zero-order valence-electron chi connectivity index (χ0n) is 17.7. The normalized spacial score (nSPS) is 15.1. The molecule has 7 nitrogen and oxygen atoms in total. The molecule has 0 aliphatic carbocycles. The lowest BCUT2D eigenvalue weighted by atomic mass is 10.2. The molecule has 1 aliphatic rings. The van der Waals surface area contributed by atoms with Crippen molar-refractivity contribution < 1.29 is 0 Å². The van der Waals surface area contributed by atoms with E-state index in [1.54, 1.807) is 0 Å². The van der Waals surface area contributed by atoms with Crippen molar-refractivity contribution in [3.05, 3.63) is 36.0 Å². The van der Waals surface area contributed by atoms with Crippen LogP contribution in [0.5, 0.6) is 0 Å². The summed E-state index contributed by atoms with van der Waals surface area (Å²) in [4.78, 5) is 19.4. The molecular weight excluding hydrogens is 362 g/mol. The summed E-state index contributed by atoms with van der Waals surface area (Å²) >= 11 is 0. The molecule has 0 atom stereocenters. The van der Waals surface area contributed by atoms with E-state index in [4.69, 9.17) is 15.0 Å². The number of piperazine rings is 1. The van der Waals surface area contributed by atoms with Crippen LogP contribution in [-0.4, -0.2) is 70.2 Å². The summed E-state index contributed by atoms with van der Waals surface area (Å²) in [6, 6.07) is 10.4. The van der Waals surface area contributed by atoms with Crippen molar-refractivity contribution in [2.45, 2.75) is 27.3 Å². The van der Waals surface area contributed by atoms with E-state index in [0.29, 0.717) is 0 Å². The number of nitrogens with zero attached hydrogens (tertiary/aromatic N) is 6. The molecule has 154 valence electrons. The first-order valence-corrected chi connectivity index (χ1v) is 10.7. The van der Waals surface area contributed by atoms with E-state index in [0.717, 1.165) is 86.6 Å². The van der Waals surface area contributed by atoms with Crippen molar-refractivity contribution in [3.63, 3.8) is 0 Å². The Labute approximate surface area is 172 Å². The fourth-order valence-corrected chi connectivity index (χ4v) is 3.97. The SMILES string of the molecule is CCN(CC)c1nc(C)c2nc(-c3ccccc3)n(CCN3CCNCC3)c2n1. The topological polar surface area (TPSA) is 62.1 Å². The number of fused-ring (bicyclic) bond motifs is 1. The number of anilines is 1. The Morgan fingerprint density at radius 1 is 0.966 bits per heavy atom. The van der Waals surface area contributed by atoms with Crippen LogP contribution in [0.15, 0.2) is 30.3 Å². The van der Waals surface area contributed by atoms with Crippen LogP contribution in [0.25, 0.3) is 22.6 Å². The van der Waals surface area contributed by atoms with Crippen LogP contribution >= 0.6 is 0 Å². The number of hydrogen-bond acceptors (Lipinski definition) is 6. The summed E-state index contributed by atoms with van der Waals surface area (Å²) in [5.41, 5.74) is 3.90. The Bertz CT molecular complexity index is 941. The Morgan fingerprint density at radius 3 is 2.38 bits per heavy atom. The van der Waals surface area contributed by atoms with Gasteiger partial charge >= 0.3 is 0 Å². The molecule has 0 unspecified atom stereocenters. The van der Waals surface area contributed by atoms with Crippen molar-refractivity contribution >= 4 is 17.1 Å². The third kappa shape index (κ3) is 4.11. The molecule has 2 aromatic heterocycles. The maximum absolute atomic E-state index is 4.99. The molecule has 1 fully saturated rings. The van der Waals surface area contributed by atoms with E-state index in [2.05, 4.69) is 57.8 Å². The van der Waals surface area contributed by atoms with Crippen molar-refractivity contribution in [1.82, 2.24) is 29.7 Å². The smallest absolute Gasteiger partial charge is 0.227 e. The van der Waals surface area contributed by atoms with E-state index in [9.17, 15) is 0 Å². The van der Waals surface area contributed by atoms with Gasteiger partial charge in [0, 0.05) is 57.9 Å². The number of rotatable bonds is 7. The largest absolute Gasteiger partial charge is 0.341 e. The average Bonchev–Trinajstić information content (AvgIpc) is 3.14. The van der Waals surface area contributed by atoms with Crippen LogP contribution < -0.4 is 10.2 Å². The highest BCUT2D eigenvalue weighted by molar-refractivity contribution is 5.80. The van der Waals surface area contributed by atoms with Crippen molar-refractivity contribution in [1.29, 1.82) is 0 Å². The van der Waals surface area contributed by atoms with Crippen molar-refractivity contribution in [2.24, 2.45) is 0 Å². The minimum atomic E-state index is 0.794. The average molecular weight is 394 g/mol. The fraction of sp³-hybridized carbons (Fsp3) is 0.500. The number of aromatic nitrogens is 4. The van der Waals surface area contributed by atoms with Gasteiger partial charge in [0.25, 0.3) is 0 Å². The van der Waals surface area contributed by atoms with Crippen LogP contribution in [-0.2, 0) is 6.54 Å². The molecule has 3 heterocycles. The molecular formula is C22H31N7. The summed E-state index contributed by atoms with van der Waals surface area (Å²) in [6.45, 7) is 14.3. The molecule has 1 N–H and O–H groups in total. The highest BCUT2D eigenvalue weighted by atomic mass is 15.3. The highest BCUT2D eigenvalue weighted by Crippen LogP contribution is 2.26. The van der Waals surface area contributed by atoms with Gasteiger partial charge in [-0.25, -0.2) is 9.97 Å². The minimum absolute atomic E-state index is 0.794. The first-order chi connectivity index (χ1) is 14.2. The fourth-order valence-electron chi connectivity index (χ4n) is 3.97. The van der Waals surface area contributed by atoms with Gasteiger partial charge in [-0.15, -0.1) is 0 Å². The van der Waals surface area contributed by atoms with Gasteiger partial charge in [-0.2, -0.15) is 4.98 Å². The van der Waals surface area contributed by atoms with Gasteiger partial charge in [-0.05, 0) is 20.8 Å². The summed E-state index contributed by atoms with van der Waals surface area (Å²) in [5.74, 6) is 1.77. The molecule has 4 rings (SSSR count). The number of imidazole rings is 1. The summed E-state index contributed by atoms with van der Waals surface area (Å²) in [5, 5.41) is 3.43. The monoisotopic (exact) mass is 393 g/mol. The van der Waals surface area contributed by atoms with Crippen LogP contribution in [0, 0.1) is 6.92 Å². The van der Waals surface area contributed by atoms with Gasteiger partial charge in [0.1, 0.15) is 11.3 Å². The molecule has 0 radical (unpaired) electrons. The van der Waals surface area contributed by atoms with E-state index in [1.165, 1.54) is 0 Å². The van der Waals surface area contributed by atoms with Crippen LogP contribution in [0.3, 0.4) is 0 Å². The van der Waals surface area contributed by atoms with E-state index in [1.807, 2.05) is 13.0 Å². The third-order valence-corrected chi connectivity index (χ3v) is 5.68. The first kappa shape index (κ1) is 19.8. The van der Waals surface area contributed by atoms with E-state index in [-0.39, 0.29) is 0 Å². The van der Waals surface area contributed by atoms with Gasteiger partial charge in [0.05, 0.1) is 5.69 Å². The van der Waals surface area contributed by atoms with Gasteiger partial charge in [-0.3, -0.25) is 4.90 Å². The summed E-state index contributed by atoms with van der Waals surface area (Å²) in [6.07, 6.45) is 0. The molecule has 29 heavy (non-hydrogen) atoms. The summed E-state index contributed by atoms with van der Waals surface area (Å²) < 4.78 is 2.29. The Balaban J connectivity index is 1.78. The molecule has 7 heteroatoms. The number of aryl methyl sites for hydroxylation is 1. The van der Waals surface area contributed by atoms with Crippen LogP contribution in [0.2, 0.25) is 0 Å². The standard InChI is InChI=1S/C22H31N7/c1-4-28(5-2)22-24-17(3)19-21(26-22)29(16-15-27-13-11-23-12-14-27)20(25-19)18-9-7-6-8-10-18/h6-10,23H,4-5,11-16H2,1-3H3. The van der Waals surface area contributed by atoms with Crippen molar-refractivity contribution in [2.75, 3.05) is 50.7 Å². The second-order valence-corrected chi connectivity index (χ2v) is 7.50. The molecule has 0 bridgehead atoms. The minimum Gasteiger partial charge on any atom is -0.341 e. The predicted octanol–water partition coefficient (Wildman–Crippen LogP) is 2.55. The maximum atomic E-state index is 4.99. The summed E-state index contributed by atoms with van der Waals surface area (Å²) in [7, 11) is 0. The van der Waals surface area contributed by atoms with Crippen molar-refractivity contribution in [3.8, 4) is 11.4 Å². The lowest BCUT2D eigenvalue weighted by Gasteiger charge is -2.27. The second-order valence-electron chi connectivity index (χ2n) is 7.50. The Hall–Kier alpha value is -2.51. The highest BCUT2D eigenvalue weighted by Gasteiger charge is 2.20. The van der Waals surface area contributed by atoms with Gasteiger partial charge in [0.15, 0.2) is 5.65 Å². The molecule has 1 aromatic carbocycles. The molecule has 0 saturated carbocycles. The number of nitrogens with one attached hydrogen (secondary N) is 1. The van der Waals surface area contributed by atoms with E-state index >= 15 is 0 Å². The zero-order chi connectivity index (χ0) is 20.2. The quantitative estimate of drug-likeness (QED) is 0.666. The zero-order valence-corrected chi connectivity index (χ0v) is 17.7. The molecule has 0 amide bonds. The Kier molecular flexibility index (Phi) is 6.06. The van der Waals surface area contributed by atoms with Crippen LogP contribution in [0.4, 0.5) is 5.95 Å². The molecule has 3 aromatic rings. The predicted molar refractivity (Wildman–Crippen MR) is 118 cm³/mol.